The van der Waals surface area contributed by atoms with Gasteiger partial charge >= 0.3 is 0 Å². The summed E-state index contributed by atoms with van der Waals surface area (Å²) in [5.74, 6) is 1.32. The maximum Gasteiger partial charge on any atom is 0.251 e. The molecule has 0 saturated carbocycles. The van der Waals surface area contributed by atoms with Crippen LogP contribution >= 0.6 is 0 Å². The Balaban J connectivity index is 1.27. The quantitative estimate of drug-likeness (QED) is 0.435. The van der Waals surface area contributed by atoms with E-state index in [1.807, 2.05) is 66.7 Å². The highest BCUT2D eigenvalue weighted by Gasteiger charge is 2.21. The molecule has 32 heavy (non-hydrogen) atoms. The molecule has 1 heterocycles. The average molecular weight is 421 g/mol. The van der Waals surface area contributed by atoms with Crippen molar-refractivity contribution in [3.05, 3.63) is 108 Å². The molecule has 0 aliphatic heterocycles. The molecule has 5 heteroatoms. The largest absolute Gasteiger partial charge is 0.345 e. The molecule has 1 unspecified atom stereocenters. The molecule has 2 N–H and O–H groups in total. The Hall–Kier alpha value is -3.99. The predicted octanol–water partition coefficient (Wildman–Crippen LogP) is 5.69. The first-order chi connectivity index (χ1) is 15.8. The summed E-state index contributed by atoms with van der Waals surface area (Å²) in [6.45, 7) is 0. The van der Waals surface area contributed by atoms with Crippen LogP contribution in [0.25, 0.3) is 11.4 Å². The van der Waals surface area contributed by atoms with Crippen LogP contribution in [0.5, 0.6) is 0 Å². The van der Waals surface area contributed by atoms with Gasteiger partial charge in [0.2, 0.25) is 0 Å². The summed E-state index contributed by atoms with van der Waals surface area (Å²) in [6.07, 6.45) is 4.88. The van der Waals surface area contributed by atoms with E-state index in [2.05, 4.69) is 38.8 Å². The van der Waals surface area contributed by atoms with Crippen LogP contribution in [0.2, 0.25) is 0 Å². The lowest BCUT2D eigenvalue weighted by Crippen LogP contribution is -2.30. The van der Waals surface area contributed by atoms with Gasteiger partial charge in [0.15, 0.2) is 5.82 Å². The first-order valence-electron chi connectivity index (χ1n) is 10.9. The Kier molecular flexibility index (Phi) is 5.62. The minimum Gasteiger partial charge on any atom is -0.345 e. The molecular weight excluding hydrogens is 396 g/mol. The smallest absolute Gasteiger partial charge is 0.251 e. The number of carbonyl (C=O) groups is 1. The Labute approximate surface area is 187 Å². The summed E-state index contributed by atoms with van der Waals surface area (Å²) in [6, 6.07) is 27.6. The number of nitrogens with one attached hydrogen (secondary N) is 2. The maximum absolute atomic E-state index is 12.8. The van der Waals surface area contributed by atoms with E-state index in [9.17, 15) is 4.79 Å². The van der Waals surface area contributed by atoms with E-state index in [1.165, 1.54) is 11.1 Å². The van der Waals surface area contributed by atoms with Crippen LogP contribution < -0.4 is 10.6 Å². The van der Waals surface area contributed by atoms with Crippen LogP contribution in [0, 0.1) is 0 Å². The first kappa shape index (κ1) is 19.9. The van der Waals surface area contributed by atoms with Crippen molar-refractivity contribution >= 4 is 17.4 Å². The van der Waals surface area contributed by atoms with Crippen LogP contribution in [-0.4, -0.2) is 15.9 Å². The molecule has 0 saturated heterocycles. The topological polar surface area (TPSA) is 66.9 Å². The highest BCUT2D eigenvalue weighted by Crippen LogP contribution is 2.29. The van der Waals surface area contributed by atoms with E-state index in [4.69, 9.17) is 0 Å². The van der Waals surface area contributed by atoms with Gasteiger partial charge in [-0.1, -0.05) is 54.6 Å². The van der Waals surface area contributed by atoms with Gasteiger partial charge in [-0.2, -0.15) is 0 Å². The molecule has 1 aromatic heterocycles. The fourth-order valence-electron chi connectivity index (χ4n) is 4.15. The Bertz CT molecular complexity index is 1220. The predicted molar refractivity (Wildman–Crippen MR) is 127 cm³/mol. The molecule has 1 aliphatic rings. The van der Waals surface area contributed by atoms with Gasteiger partial charge in [0.1, 0.15) is 5.82 Å². The van der Waals surface area contributed by atoms with Crippen molar-refractivity contribution < 1.29 is 4.79 Å². The van der Waals surface area contributed by atoms with Gasteiger partial charge in [-0.25, -0.2) is 9.97 Å². The van der Waals surface area contributed by atoms with Crippen LogP contribution in [0.1, 0.15) is 40.4 Å². The molecule has 4 aromatic rings. The summed E-state index contributed by atoms with van der Waals surface area (Å²) in [5, 5.41) is 6.50. The second-order valence-corrected chi connectivity index (χ2v) is 7.95. The van der Waals surface area contributed by atoms with Gasteiger partial charge in [0.05, 0.1) is 6.04 Å². The van der Waals surface area contributed by atoms with Gasteiger partial charge in [0, 0.05) is 23.0 Å². The number of aromatic nitrogens is 2. The van der Waals surface area contributed by atoms with E-state index >= 15 is 0 Å². The SMILES string of the molecule is O=C(NC1CCCc2ccccc21)c1ccc(Nc2ccnc(-c3ccccc3)n2)cc1. The first-order valence-corrected chi connectivity index (χ1v) is 10.9. The number of hydrogen-bond acceptors (Lipinski definition) is 4. The third kappa shape index (κ3) is 4.37. The van der Waals surface area contributed by atoms with Crippen molar-refractivity contribution in [3.8, 4) is 11.4 Å². The summed E-state index contributed by atoms with van der Waals surface area (Å²) < 4.78 is 0. The van der Waals surface area contributed by atoms with Gasteiger partial charge in [-0.3, -0.25) is 4.79 Å². The number of amides is 1. The lowest BCUT2D eigenvalue weighted by Gasteiger charge is -2.26. The number of fused-ring (bicyclic) bond motifs is 1. The van der Waals surface area contributed by atoms with Gasteiger partial charge < -0.3 is 10.6 Å². The van der Waals surface area contributed by atoms with E-state index in [0.29, 0.717) is 17.2 Å². The van der Waals surface area contributed by atoms with Crippen molar-refractivity contribution in [3.63, 3.8) is 0 Å². The molecule has 1 aliphatic carbocycles. The number of carbonyl (C=O) groups excluding carboxylic acids is 1. The molecule has 3 aromatic carbocycles. The normalized spacial score (nSPS) is 14.9. The zero-order valence-corrected chi connectivity index (χ0v) is 17.7. The molecule has 0 bridgehead atoms. The zero-order valence-electron chi connectivity index (χ0n) is 17.7. The number of benzene rings is 3. The highest BCUT2D eigenvalue weighted by molar-refractivity contribution is 5.94. The molecule has 1 atom stereocenters. The van der Waals surface area contributed by atoms with E-state index in [1.54, 1.807) is 6.20 Å². The third-order valence-corrected chi connectivity index (χ3v) is 5.78. The number of nitrogens with zero attached hydrogens (tertiary/aromatic N) is 2. The minimum absolute atomic E-state index is 0.0494. The third-order valence-electron chi connectivity index (χ3n) is 5.78. The molecule has 158 valence electrons. The number of anilines is 2. The maximum atomic E-state index is 12.8. The van der Waals surface area contributed by atoms with Crippen molar-refractivity contribution in [1.29, 1.82) is 0 Å². The molecule has 5 rings (SSSR count). The monoisotopic (exact) mass is 420 g/mol. The van der Waals surface area contributed by atoms with E-state index < -0.39 is 0 Å². The standard InChI is InChI=1S/C27H24N4O/c32-27(30-24-12-6-10-19-7-4-5-11-23(19)24)21-13-15-22(16-14-21)29-25-17-18-28-26(31-25)20-8-2-1-3-9-20/h1-5,7-9,11,13-18,24H,6,10,12H2,(H,30,32)(H,28,29,31). The second kappa shape index (κ2) is 9.02. The molecule has 1 amide bonds. The van der Waals surface area contributed by atoms with Crippen molar-refractivity contribution in [2.24, 2.45) is 0 Å². The molecule has 0 spiro atoms. The second-order valence-electron chi connectivity index (χ2n) is 7.95. The van der Waals surface area contributed by atoms with Crippen LogP contribution in [0.15, 0.2) is 91.1 Å². The Morgan fingerprint density at radius 2 is 1.66 bits per heavy atom. The molecule has 5 nitrogen and oxygen atoms in total. The fourth-order valence-corrected chi connectivity index (χ4v) is 4.15. The zero-order chi connectivity index (χ0) is 21.8. The lowest BCUT2D eigenvalue weighted by molar-refractivity contribution is 0.0933. The summed E-state index contributed by atoms with van der Waals surface area (Å²) in [7, 11) is 0. The fraction of sp³-hybridized carbons (Fsp3) is 0.148. The Morgan fingerprint density at radius 3 is 2.50 bits per heavy atom. The van der Waals surface area contributed by atoms with Gasteiger partial charge in [-0.15, -0.1) is 0 Å². The van der Waals surface area contributed by atoms with Gasteiger partial charge in [-0.05, 0) is 60.7 Å². The Morgan fingerprint density at radius 1 is 0.875 bits per heavy atom. The molecular formula is C27H24N4O. The van der Waals surface area contributed by atoms with Crippen LogP contribution in [0.4, 0.5) is 11.5 Å². The summed E-state index contributed by atoms with van der Waals surface area (Å²) in [5.41, 5.74) is 5.05. The lowest BCUT2D eigenvalue weighted by atomic mass is 9.87. The van der Waals surface area contributed by atoms with Crippen LogP contribution in [-0.2, 0) is 6.42 Å². The van der Waals surface area contributed by atoms with E-state index in [0.717, 1.165) is 30.5 Å². The van der Waals surface area contributed by atoms with E-state index in [-0.39, 0.29) is 11.9 Å². The van der Waals surface area contributed by atoms with Crippen LogP contribution in [0.3, 0.4) is 0 Å². The number of rotatable bonds is 5. The minimum atomic E-state index is -0.0494. The molecule has 0 radical (unpaired) electrons. The number of aryl methyl sites for hydroxylation is 1. The van der Waals surface area contributed by atoms with Gasteiger partial charge in [0.25, 0.3) is 5.91 Å². The summed E-state index contributed by atoms with van der Waals surface area (Å²) >= 11 is 0. The highest BCUT2D eigenvalue weighted by atomic mass is 16.1. The average Bonchev–Trinajstić information content (AvgIpc) is 2.85. The van der Waals surface area contributed by atoms with Crippen molar-refractivity contribution in [2.75, 3.05) is 5.32 Å². The van der Waals surface area contributed by atoms with Crippen molar-refractivity contribution in [2.45, 2.75) is 25.3 Å². The number of hydrogen-bond donors (Lipinski definition) is 2. The van der Waals surface area contributed by atoms with Crippen molar-refractivity contribution in [1.82, 2.24) is 15.3 Å². The summed E-state index contributed by atoms with van der Waals surface area (Å²) in [4.78, 5) is 21.8. The molecule has 0 fully saturated rings.